The Kier molecular flexibility index (Phi) is 4.47. The van der Waals surface area contributed by atoms with Gasteiger partial charge in [0.25, 0.3) is 0 Å². The molecule has 0 saturated carbocycles. The minimum absolute atomic E-state index is 0.674. The summed E-state index contributed by atoms with van der Waals surface area (Å²) in [4.78, 5) is 3.97. The Labute approximate surface area is 108 Å². The molecule has 1 aromatic heterocycles. The van der Waals surface area contributed by atoms with Crippen molar-refractivity contribution in [3.63, 3.8) is 0 Å². The fourth-order valence-corrected chi connectivity index (χ4v) is 1.87. The van der Waals surface area contributed by atoms with Gasteiger partial charge in [0.05, 0.1) is 6.54 Å². The first-order valence-electron chi connectivity index (χ1n) is 6.35. The summed E-state index contributed by atoms with van der Waals surface area (Å²) >= 11 is 0. The van der Waals surface area contributed by atoms with Crippen molar-refractivity contribution in [2.75, 3.05) is 6.54 Å². The average Bonchev–Trinajstić information content (AvgIpc) is 2.84. The fraction of sp³-hybridized carbons (Fsp3) is 0.429. The third kappa shape index (κ3) is 3.67. The van der Waals surface area contributed by atoms with Crippen LogP contribution in [-0.2, 0) is 13.1 Å². The second-order valence-electron chi connectivity index (χ2n) is 4.89. The Morgan fingerprint density at radius 3 is 2.67 bits per heavy atom. The zero-order chi connectivity index (χ0) is 12.8. The Morgan fingerprint density at radius 2 is 2.00 bits per heavy atom. The molecule has 0 aliphatic heterocycles. The van der Waals surface area contributed by atoms with E-state index in [1.165, 1.54) is 11.1 Å². The summed E-state index contributed by atoms with van der Waals surface area (Å²) in [5, 5.41) is 7.62. The van der Waals surface area contributed by atoms with E-state index in [9.17, 15) is 0 Å². The van der Waals surface area contributed by atoms with Gasteiger partial charge in [-0.05, 0) is 23.6 Å². The molecule has 1 N–H and O–H groups in total. The predicted molar refractivity (Wildman–Crippen MR) is 72.1 cm³/mol. The summed E-state index contributed by atoms with van der Waals surface area (Å²) in [7, 11) is 0. The van der Waals surface area contributed by atoms with Crippen LogP contribution in [0.2, 0.25) is 0 Å². The summed E-state index contributed by atoms with van der Waals surface area (Å²) in [6, 6.07) is 8.46. The van der Waals surface area contributed by atoms with Crippen LogP contribution in [0.3, 0.4) is 0 Å². The smallest absolute Gasteiger partial charge is 0.137 e. The van der Waals surface area contributed by atoms with Gasteiger partial charge in [-0.1, -0.05) is 38.1 Å². The third-order valence-electron chi connectivity index (χ3n) is 2.79. The maximum Gasteiger partial charge on any atom is 0.137 e. The van der Waals surface area contributed by atoms with Gasteiger partial charge >= 0.3 is 0 Å². The van der Waals surface area contributed by atoms with Crippen molar-refractivity contribution in [1.29, 1.82) is 0 Å². The zero-order valence-electron chi connectivity index (χ0n) is 11.0. The lowest BCUT2D eigenvalue weighted by atomic mass is 10.1. The summed E-state index contributed by atoms with van der Waals surface area (Å²) in [6.07, 6.45) is 3.32. The summed E-state index contributed by atoms with van der Waals surface area (Å²) < 4.78 is 1.85. The SMILES string of the molecule is CC(C)CNCc1ccccc1Cn1cncn1. The van der Waals surface area contributed by atoms with Crippen LogP contribution in [0.5, 0.6) is 0 Å². The number of rotatable bonds is 6. The highest BCUT2D eigenvalue weighted by Gasteiger charge is 2.03. The minimum atomic E-state index is 0.674. The first-order valence-corrected chi connectivity index (χ1v) is 6.35. The molecule has 0 unspecified atom stereocenters. The van der Waals surface area contributed by atoms with E-state index in [0.29, 0.717) is 5.92 Å². The number of benzene rings is 1. The van der Waals surface area contributed by atoms with Crippen LogP contribution in [0, 0.1) is 5.92 Å². The van der Waals surface area contributed by atoms with Crippen molar-refractivity contribution in [2.45, 2.75) is 26.9 Å². The highest BCUT2D eigenvalue weighted by Crippen LogP contribution is 2.10. The summed E-state index contributed by atoms with van der Waals surface area (Å²) in [5.41, 5.74) is 2.62. The van der Waals surface area contributed by atoms with Gasteiger partial charge in [-0.3, -0.25) is 0 Å². The van der Waals surface area contributed by atoms with Crippen LogP contribution in [0.25, 0.3) is 0 Å². The molecule has 0 saturated heterocycles. The van der Waals surface area contributed by atoms with E-state index >= 15 is 0 Å². The third-order valence-corrected chi connectivity index (χ3v) is 2.79. The van der Waals surface area contributed by atoms with Crippen LogP contribution in [0.15, 0.2) is 36.9 Å². The largest absolute Gasteiger partial charge is 0.312 e. The van der Waals surface area contributed by atoms with E-state index in [1.54, 1.807) is 12.7 Å². The molecular weight excluding hydrogens is 224 g/mol. The molecule has 1 heterocycles. The molecule has 0 bridgehead atoms. The van der Waals surface area contributed by atoms with Crippen LogP contribution in [0.1, 0.15) is 25.0 Å². The number of hydrogen-bond acceptors (Lipinski definition) is 3. The highest BCUT2D eigenvalue weighted by molar-refractivity contribution is 5.27. The van der Waals surface area contributed by atoms with Crippen molar-refractivity contribution in [2.24, 2.45) is 5.92 Å². The lowest BCUT2D eigenvalue weighted by Gasteiger charge is -2.11. The van der Waals surface area contributed by atoms with Crippen LogP contribution in [-0.4, -0.2) is 21.3 Å². The molecule has 4 heteroatoms. The van der Waals surface area contributed by atoms with E-state index in [4.69, 9.17) is 0 Å². The molecular formula is C14H20N4. The monoisotopic (exact) mass is 244 g/mol. The molecule has 1 aromatic carbocycles. The number of aromatic nitrogens is 3. The Hall–Kier alpha value is -1.68. The van der Waals surface area contributed by atoms with Gasteiger partial charge in [-0.15, -0.1) is 0 Å². The summed E-state index contributed by atoms with van der Waals surface area (Å²) in [6.45, 7) is 7.16. The Bertz CT molecular complexity index is 462. The number of nitrogens with one attached hydrogen (secondary N) is 1. The Balaban J connectivity index is 2.01. The quantitative estimate of drug-likeness (QED) is 0.846. The standard InChI is InChI=1S/C14H20N4/c1-12(2)7-15-8-13-5-3-4-6-14(13)9-18-11-16-10-17-18/h3-6,10-12,15H,7-9H2,1-2H3. The molecule has 96 valence electrons. The molecule has 0 aliphatic carbocycles. The van der Waals surface area contributed by atoms with E-state index < -0.39 is 0 Å². The molecule has 0 atom stereocenters. The van der Waals surface area contributed by atoms with Crippen molar-refractivity contribution < 1.29 is 0 Å². The van der Waals surface area contributed by atoms with Crippen molar-refractivity contribution in [1.82, 2.24) is 20.1 Å². The first-order chi connectivity index (χ1) is 8.75. The summed E-state index contributed by atoms with van der Waals surface area (Å²) in [5.74, 6) is 0.674. The Morgan fingerprint density at radius 1 is 1.22 bits per heavy atom. The molecule has 0 fully saturated rings. The molecule has 0 amide bonds. The first kappa shape index (κ1) is 12.8. The molecule has 0 aliphatic rings. The molecule has 2 rings (SSSR count). The minimum Gasteiger partial charge on any atom is -0.312 e. The fourth-order valence-electron chi connectivity index (χ4n) is 1.87. The van der Waals surface area contributed by atoms with Gasteiger partial charge in [0, 0.05) is 6.54 Å². The van der Waals surface area contributed by atoms with Gasteiger partial charge in [0.1, 0.15) is 12.7 Å². The van der Waals surface area contributed by atoms with Gasteiger partial charge in [-0.2, -0.15) is 5.10 Å². The maximum absolute atomic E-state index is 4.15. The lowest BCUT2D eigenvalue weighted by molar-refractivity contribution is 0.549. The second kappa shape index (κ2) is 6.31. The second-order valence-corrected chi connectivity index (χ2v) is 4.89. The van der Waals surface area contributed by atoms with Crippen molar-refractivity contribution in [3.8, 4) is 0 Å². The van der Waals surface area contributed by atoms with Crippen LogP contribution in [0.4, 0.5) is 0 Å². The molecule has 18 heavy (non-hydrogen) atoms. The van der Waals surface area contributed by atoms with Gasteiger partial charge in [0.2, 0.25) is 0 Å². The molecule has 0 spiro atoms. The number of nitrogens with zero attached hydrogens (tertiary/aromatic N) is 3. The van der Waals surface area contributed by atoms with Gasteiger partial charge < -0.3 is 5.32 Å². The van der Waals surface area contributed by atoms with E-state index in [1.807, 2.05) is 4.68 Å². The van der Waals surface area contributed by atoms with Crippen LogP contribution >= 0.6 is 0 Å². The van der Waals surface area contributed by atoms with Crippen molar-refractivity contribution >= 4 is 0 Å². The zero-order valence-corrected chi connectivity index (χ0v) is 11.0. The van der Waals surface area contributed by atoms with Gasteiger partial charge in [-0.25, -0.2) is 9.67 Å². The van der Waals surface area contributed by atoms with Crippen LogP contribution < -0.4 is 5.32 Å². The van der Waals surface area contributed by atoms with E-state index in [-0.39, 0.29) is 0 Å². The predicted octanol–water partition coefficient (Wildman–Crippen LogP) is 2.07. The molecule has 2 aromatic rings. The average molecular weight is 244 g/mol. The lowest BCUT2D eigenvalue weighted by Crippen LogP contribution is -2.20. The number of hydrogen-bond donors (Lipinski definition) is 1. The topological polar surface area (TPSA) is 42.7 Å². The van der Waals surface area contributed by atoms with E-state index in [2.05, 4.69) is 53.5 Å². The molecule has 0 radical (unpaired) electrons. The van der Waals surface area contributed by atoms with E-state index in [0.717, 1.165) is 19.6 Å². The van der Waals surface area contributed by atoms with Crippen molar-refractivity contribution in [3.05, 3.63) is 48.0 Å². The highest BCUT2D eigenvalue weighted by atomic mass is 15.3. The normalized spacial score (nSPS) is 11.1. The van der Waals surface area contributed by atoms with Gasteiger partial charge in [0.15, 0.2) is 0 Å². The molecule has 4 nitrogen and oxygen atoms in total. The maximum atomic E-state index is 4.15.